The number of carbonyl (C=O) groups excluding carboxylic acids is 2. The Morgan fingerprint density at radius 1 is 1.05 bits per heavy atom. The van der Waals surface area contributed by atoms with E-state index in [1.165, 1.54) is 0 Å². The van der Waals surface area contributed by atoms with E-state index in [-0.39, 0.29) is 44.1 Å². The Bertz CT molecular complexity index is 277. The van der Waals surface area contributed by atoms with Gasteiger partial charge in [-0.1, -0.05) is 0 Å². The van der Waals surface area contributed by atoms with Crippen LogP contribution in [0.15, 0.2) is 0 Å². The number of esters is 2. The summed E-state index contributed by atoms with van der Waals surface area (Å²) >= 11 is 0. The third-order valence-corrected chi connectivity index (χ3v) is 2.68. The molecule has 0 aromatic rings. The maximum absolute atomic E-state index is 11.4. The fraction of sp³-hybridized carbons (Fsp3) is 0.857. The topological polar surface area (TPSA) is 93.1 Å². The van der Waals surface area contributed by atoms with Gasteiger partial charge in [-0.3, -0.25) is 9.59 Å². The van der Waals surface area contributed by atoms with Gasteiger partial charge in [-0.2, -0.15) is 0 Å². The van der Waals surface area contributed by atoms with Gasteiger partial charge in [0.1, 0.15) is 6.10 Å². The molecule has 0 amide bonds. The molecule has 0 spiro atoms. The average Bonchev–Trinajstić information content (AvgIpc) is 2.34. The van der Waals surface area contributed by atoms with Crippen molar-refractivity contribution in [2.75, 3.05) is 13.2 Å². The van der Waals surface area contributed by atoms with Crippen LogP contribution in [0.3, 0.4) is 0 Å². The standard InChI is InChI=1S/C14H26O6/c1-11(16)8-10-19-13(17)5-3-4-6-14(18)20-12(2)7-9-15/h11-12,15-16H,3-10H2,1-2H3. The van der Waals surface area contributed by atoms with Gasteiger partial charge in [-0.15, -0.1) is 0 Å². The number of unbranched alkanes of at least 4 members (excludes halogenated alkanes) is 1. The summed E-state index contributed by atoms with van der Waals surface area (Å²) in [5.74, 6) is -0.624. The van der Waals surface area contributed by atoms with E-state index in [1.807, 2.05) is 0 Å². The van der Waals surface area contributed by atoms with E-state index in [2.05, 4.69) is 0 Å². The van der Waals surface area contributed by atoms with Gasteiger partial charge in [-0.05, 0) is 26.7 Å². The molecule has 2 atom stereocenters. The highest BCUT2D eigenvalue weighted by Gasteiger charge is 2.09. The van der Waals surface area contributed by atoms with Crippen LogP contribution >= 0.6 is 0 Å². The first kappa shape index (κ1) is 18.9. The van der Waals surface area contributed by atoms with Crippen LogP contribution in [0.1, 0.15) is 52.4 Å². The number of ether oxygens (including phenoxy) is 2. The quantitative estimate of drug-likeness (QED) is 0.438. The largest absolute Gasteiger partial charge is 0.466 e. The Kier molecular flexibility index (Phi) is 11.0. The number of aliphatic hydroxyl groups excluding tert-OH is 2. The second-order valence-electron chi connectivity index (χ2n) is 4.88. The lowest BCUT2D eigenvalue weighted by Gasteiger charge is -2.11. The summed E-state index contributed by atoms with van der Waals surface area (Å²) in [4.78, 5) is 22.7. The summed E-state index contributed by atoms with van der Waals surface area (Å²) in [6.45, 7) is 3.58. The third kappa shape index (κ3) is 11.9. The van der Waals surface area contributed by atoms with Gasteiger partial charge in [0.05, 0.1) is 12.7 Å². The molecule has 2 N–H and O–H groups in total. The summed E-state index contributed by atoms with van der Waals surface area (Å²) in [6.07, 6.45) is 1.77. The zero-order chi connectivity index (χ0) is 15.4. The molecule has 0 aliphatic heterocycles. The maximum Gasteiger partial charge on any atom is 0.306 e. The predicted molar refractivity (Wildman–Crippen MR) is 73.0 cm³/mol. The van der Waals surface area contributed by atoms with Crippen molar-refractivity contribution in [1.82, 2.24) is 0 Å². The van der Waals surface area contributed by atoms with Crippen LogP contribution in [0.25, 0.3) is 0 Å². The van der Waals surface area contributed by atoms with E-state index in [4.69, 9.17) is 19.7 Å². The van der Waals surface area contributed by atoms with Gasteiger partial charge in [-0.25, -0.2) is 0 Å². The number of aliphatic hydroxyl groups is 2. The minimum atomic E-state index is -0.474. The molecular weight excluding hydrogens is 264 g/mol. The molecule has 2 unspecified atom stereocenters. The van der Waals surface area contributed by atoms with Gasteiger partial charge in [0, 0.05) is 32.3 Å². The van der Waals surface area contributed by atoms with Crippen LogP contribution in [0.5, 0.6) is 0 Å². The fourth-order valence-corrected chi connectivity index (χ4v) is 1.48. The fourth-order valence-electron chi connectivity index (χ4n) is 1.48. The molecule has 0 bridgehead atoms. The molecule has 0 aliphatic carbocycles. The minimum absolute atomic E-state index is 0.00720. The van der Waals surface area contributed by atoms with E-state index in [0.717, 1.165) is 0 Å². The molecule has 0 fully saturated rings. The maximum atomic E-state index is 11.4. The third-order valence-electron chi connectivity index (χ3n) is 2.68. The average molecular weight is 290 g/mol. The second-order valence-corrected chi connectivity index (χ2v) is 4.88. The second kappa shape index (κ2) is 11.7. The van der Waals surface area contributed by atoms with Crippen molar-refractivity contribution in [1.29, 1.82) is 0 Å². The van der Waals surface area contributed by atoms with Crippen molar-refractivity contribution >= 4 is 11.9 Å². The van der Waals surface area contributed by atoms with Crippen molar-refractivity contribution < 1.29 is 29.3 Å². The first-order valence-corrected chi connectivity index (χ1v) is 7.09. The SMILES string of the molecule is CC(O)CCOC(=O)CCCCC(=O)OC(C)CCO. The smallest absolute Gasteiger partial charge is 0.306 e. The van der Waals surface area contributed by atoms with E-state index in [9.17, 15) is 9.59 Å². The summed E-state index contributed by atoms with van der Waals surface area (Å²) < 4.78 is 9.96. The van der Waals surface area contributed by atoms with Crippen molar-refractivity contribution in [3.8, 4) is 0 Å². The zero-order valence-electron chi connectivity index (χ0n) is 12.3. The van der Waals surface area contributed by atoms with E-state index in [0.29, 0.717) is 25.7 Å². The van der Waals surface area contributed by atoms with Crippen LogP contribution in [-0.4, -0.2) is 47.6 Å². The highest BCUT2D eigenvalue weighted by molar-refractivity contribution is 5.70. The molecule has 0 aliphatic rings. The van der Waals surface area contributed by atoms with E-state index >= 15 is 0 Å². The lowest BCUT2D eigenvalue weighted by Crippen LogP contribution is -2.16. The molecule has 6 nitrogen and oxygen atoms in total. The van der Waals surface area contributed by atoms with Crippen LogP contribution in [0, 0.1) is 0 Å². The molecule has 0 heterocycles. The van der Waals surface area contributed by atoms with Gasteiger partial charge in [0.2, 0.25) is 0 Å². The molecule has 0 saturated carbocycles. The van der Waals surface area contributed by atoms with Crippen LogP contribution in [0.4, 0.5) is 0 Å². The monoisotopic (exact) mass is 290 g/mol. The summed E-state index contributed by atoms with van der Waals surface area (Å²) in [5, 5.41) is 17.7. The molecular formula is C14H26O6. The predicted octanol–water partition coefficient (Wildman–Crippen LogP) is 1.17. The molecule has 118 valence electrons. The lowest BCUT2D eigenvalue weighted by atomic mass is 10.2. The Balaban J connectivity index is 3.50. The Morgan fingerprint density at radius 2 is 1.65 bits per heavy atom. The number of carbonyl (C=O) groups is 2. The Labute approximate surface area is 120 Å². The van der Waals surface area contributed by atoms with E-state index < -0.39 is 6.10 Å². The number of rotatable bonds is 11. The molecule has 20 heavy (non-hydrogen) atoms. The molecule has 0 aromatic carbocycles. The van der Waals surface area contributed by atoms with Crippen molar-refractivity contribution in [2.24, 2.45) is 0 Å². The van der Waals surface area contributed by atoms with Crippen molar-refractivity contribution in [2.45, 2.75) is 64.6 Å². The van der Waals surface area contributed by atoms with E-state index in [1.54, 1.807) is 13.8 Å². The highest BCUT2D eigenvalue weighted by atomic mass is 16.5. The summed E-state index contributed by atoms with van der Waals surface area (Å²) in [6, 6.07) is 0. The molecule has 6 heteroatoms. The van der Waals surface area contributed by atoms with Gasteiger partial charge < -0.3 is 19.7 Å². The summed E-state index contributed by atoms with van der Waals surface area (Å²) in [5.41, 5.74) is 0. The van der Waals surface area contributed by atoms with Crippen molar-refractivity contribution in [3.63, 3.8) is 0 Å². The lowest BCUT2D eigenvalue weighted by molar-refractivity contribution is -0.149. The highest BCUT2D eigenvalue weighted by Crippen LogP contribution is 2.06. The first-order valence-electron chi connectivity index (χ1n) is 7.09. The number of hydrogen-bond acceptors (Lipinski definition) is 6. The zero-order valence-corrected chi connectivity index (χ0v) is 12.3. The minimum Gasteiger partial charge on any atom is -0.466 e. The van der Waals surface area contributed by atoms with Crippen LogP contribution in [-0.2, 0) is 19.1 Å². The normalized spacial score (nSPS) is 13.6. The molecule has 0 rings (SSSR count). The molecule has 0 radical (unpaired) electrons. The van der Waals surface area contributed by atoms with Gasteiger partial charge >= 0.3 is 11.9 Å². The van der Waals surface area contributed by atoms with Gasteiger partial charge in [0.25, 0.3) is 0 Å². The summed E-state index contributed by atoms with van der Waals surface area (Å²) in [7, 11) is 0. The first-order chi connectivity index (χ1) is 9.45. The Morgan fingerprint density at radius 3 is 2.20 bits per heavy atom. The van der Waals surface area contributed by atoms with Crippen molar-refractivity contribution in [3.05, 3.63) is 0 Å². The molecule has 0 aromatic heterocycles. The van der Waals surface area contributed by atoms with Crippen LogP contribution in [0.2, 0.25) is 0 Å². The van der Waals surface area contributed by atoms with Crippen LogP contribution < -0.4 is 0 Å². The number of hydrogen-bond donors (Lipinski definition) is 2. The van der Waals surface area contributed by atoms with Gasteiger partial charge in [0.15, 0.2) is 0 Å². The molecule has 0 saturated heterocycles. The Hall–Kier alpha value is -1.14.